The summed E-state index contributed by atoms with van der Waals surface area (Å²) in [6, 6.07) is 7.84. The average molecular weight is 299 g/mol. The molecule has 0 radical (unpaired) electrons. The number of carbonyl (C=O) groups excluding carboxylic acids is 1. The van der Waals surface area contributed by atoms with E-state index in [0.717, 1.165) is 10.0 Å². The van der Waals surface area contributed by atoms with Gasteiger partial charge in [0.25, 0.3) is 0 Å². The van der Waals surface area contributed by atoms with Gasteiger partial charge in [-0.05, 0) is 38.0 Å². The Hall–Kier alpha value is -0.870. The van der Waals surface area contributed by atoms with Crippen LogP contribution in [0.2, 0.25) is 0 Å². The lowest BCUT2D eigenvalue weighted by atomic mass is 9.98. The van der Waals surface area contributed by atoms with E-state index in [2.05, 4.69) is 21.2 Å². The monoisotopic (exact) mass is 298 g/mol. The molecule has 0 aromatic heterocycles. The molecule has 2 atom stereocenters. The molecule has 0 saturated heterocycles. The lowest BCUT2D eigenvalue weighted by molar-refractivity contribution is -0.126. The topological polar surface area (TPSA) is 55.1 Å². The normalized spacial score (nSPS) is 16.1. The minimum absolute atomic E-state index is 0.0370. The van der Waals surface area contributed by atoms with E-state index in [1.807, 2.05) is 38.1 Å². The van der Waals surface area contributed by atoms with Gasteiger partial charge in [0, 0.05) is 4.47 Å². The van der Waals surface area contributed by atoms with E-state index >= 15 is 0 Å². The van der Waals surface area contributed by atoms with E-state index < -0.39 is 5.54 Å². The molecular formula is C13H19BrN2O. The van der Waals surface area contributed by atoms with Gasteiger partial charge in [-0.15, -0.1) is 0 Å². The van der Waals surface area contributed by atoms with Crippen molar-refractivity contribution in [3.05, 3.63) is 34.3 Å². The summed E-state index contributed by atoms with van der Waals surface area (Å²) in [7, 11) is 0. The number of nitrogens with one attached hydrogen (secondary N) is 1. The van der Waals surface area contributed by atoms with Crippen LogP contribution in [-0.4, -0.2) is 11.4 Å². The first-order chi connectivity index (χ1) is 7.86. The summed E-state index contributed by atoms with van der Waals surface area (Å²) in [6.07, 6.45) is 0.617. The molecule has 0 heterocycles. The number of amides is 1. The van der Waals surface area contributed by atoms with Crippen LogP contribution in [0.3, 0.4) is 0 Å². The van der Waals surface area contributed by atoms with Crippen LogP contribution in [0.5, 0.6) is 0 Å². The van der Waals surface area contributed by atoms with E-state index in [-0.39, 0.29) is 11.9 Å². The van der Waals surface area contributed by atoms with Crippen LogP contribution in [0.25, 0.3) is 0 Å². The third-order valence-corrected chi connectivity index (χ3v) is 3.50. The highest BCUT2D eigenvalue weighted by molar-refractivity contribution is 9.10. The Labute approximate surface area is 111 Å². The molecule has 0 aliphatic heterocycles. The minimum Gasteiger partial charge on any atom is -0.348 e. The third-order valence-electron chi connectivity index (χ3n) is 2.97. The number of benzene rings is 1. The van der Waals surface area contributed by atoms with Gasteiger partial charge in [-0.25, -0.2) is 0 Å². The molecule has 17 heavy (non-hydrogen) atoms. The Kier molecular flexibility index (Phi) is 4.71. The van der Waals surface area contributed by atoms with Crippen molar-refractivity contribution in [2.45, 2.75) is 38.8 Å². The van der Waals surface area contributed by atoms with Crippen LogP contribution in [0.15, 0.2) is 28.7 Å². The number of halogens is 1. The molecule has 1 aromatic rings. The second-order valence-corrected chi connectivity index (χ2v) is 5.43. The molecule has 0 fully saturated rings. The Bertz CT molecular complexity index is 387. The zero-order valence-corrected chi connectivity index (χ0v) is 12.0. The number of carbonyl (C=O) groups is 1. The van der Waals surface area contributed by atoms with Gasteiger partial charge < -0.3 is 11.1 Å². The molecule has 1 aromatic carbocycles. The lowest BCUT2D eigenvalue weighted by Gasteiger charge is -2.24. The van der Waals surface area contributed by atoms with Gasteiger partial charge in [0.2, 0.25) is 5.91 Å². The Morgan fingerprint density at radius 2 is 2.00 bits per heavy atom. The van der Waals surface area contributed by atoms with E-state index in [4.69, 9.17) is 5.73 Å². The summed E-state index contributed by atoms with van der Waals surface area (Å²) in [5.74, 6) is -0.115. The fraction of sp³-hybridized carbons (Fsp3) is 0.462. The summed E-state index contributed by atoms with van der Waals surface area (Å²) < 4.78 is 1.02. The van der Waals surface area contributed by atoms with E-state index in [0.29, 0.717) is 6.42 Å². The second kappa shape index (κ2) is 5.65. The van der Waals surface area contributed by atoms with Gasteiger partial charge in [0.05, 0.1) is 11.6 Å². The highest BCUT2D eigenvalue weighted by Gasteiger charge is 2.27. The van der Waals surface area contributed by atoms with Gasteiger partial charge in [-0.1, -0.05) is 35.0 Å². The number of rotatable bonds is 4. The molecule has 0 aliphatic rings. The highest BCUT2D eigenvalue weighted by Crippen LogP contribution is 2.17. The molecule has 1 unspecified atom stereocenters. The first-order valence-corrected chi connectivity index (χ1v) is 6.51. The molecule has 3 nitrogen and oxygen atoms in total. The van der Waals surface area contributed by atoms with Crippen LogP contribution in [-0.2, 0) is 4.79 Å². The highest BCUT2D eigenvalue weighted by atomic mass is 79.9. The van der Waals surface area contributed by atoms with Crippen LogP contribution >= 0.6 is 15.9 Å². The van der Waals surface area contributed by atoms with Crippen molar-refractivity contribution in [3.8, 4) is 0 Å². The smallest absolute Gasteiger partial charge is 0.240 e. The van der Waals surface area contributed by atoms with Crippen LogP contribution in [0, 0.1) is 0 Å². The van der Waals surface area contributed by atoms with Gasteiger partial charge in [0.15, 0.2) is 0 Å². The third kappa shape index (κ3) is 3.82. The minimum atomic E-state index is -0.802. The van der Waals surface area contributed by atoms with Crippen LogP contribution < -0.4 is 11.1 Å². The summed E-state index contributed by atoms with van der Waals surface area (Å²) in [4.78, 5) is 11.9. The van der Waals surface area contributed by atoms with E-state index in [9.17, 15) is 4.79 Å². The van der Waals surface area contributed by atoms with Crippen molar-refractivity contribution in [2.24, 2.45) is 5.73 Å². The van der Waals surface area contributed by atoms with Crippen molar-refractivity contribution in [3.63, 3.8) is 0 Å². The zero-order chi connectivity index (χ0) is 13.1. The molecule has 0 spiro atoms. The van der Waals surface area contributed by atoms with Crippen LogP contribution in [0.1, 0.15) is 38.8 Å². The zero-order valence-electron chi connectivity index (χ0n) is 10.5. The fourth-order valence-electron chi connectivity index (χ4n) is 1.36. The molecule has 0 aliphatic carbocycles. The van der Waals surface area contributed by atoms with Gasteiger partial charge in [-0.2, -0.15) is 0 Å². The first kappa shape index (κ1) is 14.2. The van der Waals surface area contributed by atoms with E-state index in [1.165, 1.54) is 0 Å². The first-order valence-electron chi connectivity index (χ1n) is 5.72. The van der Waals surface area contributed by atoms with Crippen molar-refractivity contribution < 1.29 is 4.79 Å². The Balaban J connectivity index is 2.70. The largest absolute Gasteiger partial charge is 0.348 e. The summed E-state index contributed by atoms with van der Waals surface area (Å²) in [5.41, 5.74) is 6.15. The molecule has 0 bridgehead atoms. The number of hydrogen-bond acceptors (Lipinski definition) is 2. The number of hydrogen-bond donors (Lipinski definition) is 2. The quantitative estimate of drug-likeness (QED) is 0.898. The van der Waals surface area contributed by atoms with Crippen molar-refractivity contribution in [1.29, 1.82) is 0 Å². The predicted molar refractivity (Wildman–Crippen MR) is 73.6 cm³/mol. The predicted octanol–water partition coefficient (Wildman–Crippen LogP) is 2.75. The summed E-state index contributed by atoms with van der Waals surface area (Å²) >= 11 is 3.38. The SMILES string of the molecule is CCC(C)(N)C(=O)N[C@H](C)c1ccc(Br)cc1. The van der Waals surface area contributed by atoms with Gasteiger partial charge in [-0.3, -0.25) is 4.79 Å². The molecule has 1 amide bonds. The fourth-order valence-corrected chi connectivity index (χ4v) is 1.62. The molecule has 3 N–H and O–H groups in total. The maximum atomic E-state index is 11.9. The van der Waals surface area contributed by atoms with Crippen molar-refractivity contribution >= 4 is 21.8 Å². The van der Waals surface area contributed by atoms with Gasteiger partial charge >= 0.3 is 0 Å². The maximum absolute atomic E-state index is 11.9. The van der Waals surface area contributed by atoms with Gasteiger partial charge in [0.1, 0.15) is 0 Å². The molecule has 0 saturated carbocycles. The maximum Gasteiger partial charge on any atom is 0.240 e. The summed E-state index contributed by atoms with van der Waals surface area (Å²) in [6.45, 7) is 5.60. The Morgan fingerprint density at radius 1 is 1.47 bits per heavy atom. The standard InChI is InChI=1S/C13H19BrN2O/c1-4-13(3,15)12(17)16-9(2)10-5-7-11(14)8-6-10/h5-9H,4,15H2,1-3H3,(H,16,17)/t9-,13?/m1/s1. The molecule has 4 heteroatoms. The van der Waals surface area contributed by atoms with Crippen molar-refractivity contribution in [2.75, 3.05) is 0 Å². The lowest BCUT2D eigenvalue weighted by Crippen LogP contribution is -2.51. The molecule has 94 valence electrons. The molecular weight excluding hydrogens is 280 g/mol. The second-order valence-electron chi connectivity index (χ2n) is 4.52. The number of nitrogens with two attached hydrogens (primary N) is 1. The van der Waals surface area contributed by atoms with Crippen molar-refractivity contribution in [1.82, 2.24) is 5.32 Å². The van der Waals surface area contributed by atoms with Crippen LogP contribution in [0.4, 0.5) is 0 Å². The van der Waals surface area contributed by atoms with E-state index in [1.54, 1.807) is 6.92 Å². The molecule has 1 rings (SSSR count). The average Bonchev–Trinajstić information content (AvgIpc) is 2.29. The summed E-state index contributed by atoms with van der Waals surface area (Å²) in [5, 5.41) is 2.93. The Morgan fingerprint density at radius 3 is 2.47 bits per heavy atom.